The van der Waals surface area contributed by atoms with Gasteiger partial charge in [0.15, 0.2) is 17.8 Å². The first-order chi connectivity index (χ1) is 34.7. The number of phosphoric acid groups is 2. The number of methoxy groups -OCH3 is 2. The van der Waals surface area contributed by atoms with E-state index < -0.39 is 118 Å². The Morgan fingerprint density at radius 3 is 2.27 bits per heavy atom. The number of ether oxygens (including phenoxy) is 4. The van der Waals surface area contributed by atoms with Gasteiger partial charge in [0, 0.05) is 68.3 Å². The lowest BCUT2D eigenvalue weighted by molar-refractivity contribution is -0.334. The molecule has 1 unspecified atom stereocenters. The Hall–Kier alpha value is -3.27. The average Bonchev–Trinajstić information content (AvgIpc) is 3.86. The van der Waals surface area contributed by atoms with Gasteiger partial charge in [-0.25, -0.2) is 14.1 Å². The maximum atomic E-state index is 13.3. The number of phosphoric ester groups is 1. The molecule has 0 aliphatic carbocycles. The van der Waals surface area contributed by atoms with Crippen LogP contribution in [0.5, 0.6) is 0 Å². The zero-order valence-corrected chi connectivity index (χ0v) is 47.5. The molecule has 0 bridgehead atoms. The maximum Gasteiger partial charge on any atom is 0.481 e. The zero-order chi connectivity index (χ0) is 57.0. The van der Waals surface area contributed by atoms with Crippen LogP contribution in [0.2, 0.25) is 0 Å². The minimum atomic E-state index is -5.59. The third-order valence-electron chi connectivity index (χ3n) is 14.4. The monoisotopic (exact) mass is 1100 g/mol. The van der Waals surface area contributed by atoms with Gasteiger partial charge in [-0.1, -0.05) is 77.5 Å². The van der Waals surface area contributed by atoms with Crippen LogP contribution in [0.4, 0.5) is 0 Å². The predicted molar refractivity (Wildman–Crippen MR) is 278 cm³/mol. The van der Waals surface area contributed by atoms with Crippen molar-refractivity contribution >= 4 is 27.6 Å². The van der Waals surface area contributed by atoms with Crippen LogP contribution in [-0.2, 0) is 41.7 Å². The number of aliphatic hydroxyl groups is 5. The minimum Gasteiger partial charge on any atom is -0.448 e. The maximum absolute atomic E-state index is 13.3. The Bertz CT molecular complexity index is 2310. The molecule has 0 saturated carbocycles. The summed E-state index contributed by atoms with van der Waals surface area (Å²) in [5, 5.41) is 67.7. The van der Waals surface area contributed by atoms with Crippen molar-refractivity contribution in [2.24, 2.45) is 23.2 Å². The molecule has 1 aromatic rings. The van der Waals surface area contributed by atoms with Gasteiger partial charge in [-0.05, 0) is 71.9 Å². The zero-order valence-electron chi connectivity index (χ0n) is 45.7. The van der Waals surface area contributed by atoms with Gasteiger partial charge in [-0.2, -0.15) is 9.57 Å². The van der Waals surface area contributed by atoms with Gasteiger partial charge in [0.25, 0.3) is 5.91 Å². The van der Waals surface area contributed by atoms with Crippen LogP contribution in [0.1, 0.15) is 112 Å². The summed E-state index contributed by atoms with van der Waals surface area (Å²) in [6, 6.07) is 0.915. The Balaban J connectivity index is 1.84. The molecule has 0 radical (unpaired) electrons. The average molecular weight is 1100 g/mol. The first kappa shape index (κ1) is 66.0. The molecule has 0 aromatic carbocycles. The molecule has 2 aliphatic heterocycles. The second kappa shape index (κ2) is 28.6. The first-order valence-corrected chi connectivity index (χ1v) is 28.0. The molecule has 17 atom stereocenters. The molecular weight excluding hydrogens is 1020 g/mol. The van der Waals surface area contributed by atoms with E-state index in [4.69, 9.17) is 33.2 Å². The van der Waals surface area contributed by atoms with Gasteiger partial charge >= 0.3 is 15.6 Å². The summed E-state index contributed by atoms with van der Waals surface area (Å²) < 4.78 is 65.2. The minimum absolute atomic E-state index is 0.0991. The third-order valence-corrected chi connectivity index (χ3v) is 16.6. The first-order valence-electron chi connectivity index (χ1n) is 25.0. The van der Waals surface area contributed by atoms with E-state index in [0.717, 1.165) is 16.7 Å². The summed E-state index contributed by atoms with van der Waals surface area (Å²) in [6.07, 6.45) is 2.41. The van der Waals surface area contributed by atoms with Crippen molar-refractivity contribution in [1.29, 1.82) is 5.26 Å². The van der Waals surface area contributed by atoms with Gasteiger partial charge in [0.1, 0.15) is 30.3 Å². The van der Waals surface area contributed by atoms with Crippen molar-refractivity contribution < 1.29 is 86.3 Å². The number of aromatic nitrogens is 1. The van der Waals surface area contributed by atoms with Crippen molar-refractivity contribution in [3.8, 4) is 6.07 Å². The summed E-state index contributed by atoms with van der Waals surface area (Å²) in [4.78, 5) is 48.9. The molecule has 1 amide bonds. The number of oxazole rings is 1. The molecule has 3 heterocycles. The topological polar surface area (TPSA) is 334 Å². The lowest BCUT2D eigenvalue weighted by atomic mass is 9.72. The number of likely N-dealkylation sites (N-methyl/N-ethyl adjacent to an activating group) is 1. The van der Waals surface area contributed by atoms with Gasteiger partial charge in [0.2, 0.25) is 0 Å². The molecule has 22 nitrogen and oxygen atoms in total. The summed E-state index contributed by atoms with van der Waals surface area (Å²) >= 11 is 0. The second-order valence-corrected chi connectivity index (χ2v) is 23.8. The van der Waals surface area contributed by atoms with Crippen molar-refractivity contribution in [3.63, 3.8) is 0 Å². The molecule has 9 N–H and O–H groups in total. The number of carbonyl (C=O) groups is 1. The van der Waals surface area contributed by atoms with E-state index in [9.17, 15) is 54.1 Å². The highest BCUT2D eigenvalue weighted by Crippen LogP contribution is 2.64. The van der Waals surface area contributed by atoms with E-state index in [2.05, 4.69) is 14.6 Å². The molecule has 2 aliphatic rings. The summed E-state index contributed by atoms with van der Waals surface area (Å²) in [6.45, 7) is 17.7. The second-order valence-electron chi connectivity index (χ2n) is 21.0. The number of hydrogen-bond acceptors (Lipinski definition) is 18. The SMILES string of the molecule is COC[C@@H]([C@H](O)[C@H](O)C(=O)N[C@H](C)C[C@H](C)c1nc(/C=C/C[C@@H]2O[C@]3(C[C@@H](O)[C@@H]2C)O[C@H]([C@@H](C[C@H](O)[C@H](C)[C@H](O)[C@H](C)/C=C(C)/C(C)=C/C=C/C(C)=C\C#N)OC)[C@H](OP(=O)(O)OP(=O)(O)O)C3(C)C)co1)N(C)C. The summed E-state index contributed by atoms with van der Waals surface area (Å²) in [5.74, 6) is -4.16. The normalized spacial score (nSPS) is 27.9. The van der Waals surface area contributed by atoms with Crippen molar-refractivity contribution in [2.45, 2.75) is 174 Å². The van der Waals surface area contributed by atoms with Crippen LogP contribution in [0, 0.1) is 34.5 Å². The number of amides is 1. The molecule has 75 heavy (non-hydrogen) atoms. The Morgan fingerprint density at radius 2 is 1.68 bits per heavy atom. The van der Waals surface area contributed by atoms with E-state index >= 15 is 0 Å². The Morgan fingerprint density at radius 1 is 1.03 bits per heavy atom. The van der Waals surface area contributed by atoms with E-state index in [1.807, 2.05) is 45.1 Å². The van der Waals surface area contributed by atoms with Crippen LogP contribution >= 0.6 is 15.6 Å². The van der Waals surface area contributed by atoms with Crippen LogP contribution < -0.4 is 5.32 Å². The molecule has 2 saturated heterocycles. The van der Waals surface area contributed by atoms with Crippen LogP contribution in [0.15, 0.2) is 63.9 Å². The highest BCUT2D eigenvalue weighted by Gasteiger charge is 2.68. The van der Waals surface area contributed by atoms with Gasteiger partial charge in [-0.15, -0.1) is 0 Å². The van der Waals surface area contributed by atoms with E-state index in [1.165, 1.54) is 26.6 Å². The van der Waals surface area contributed by atoms with Gasteiger partial charge < -0.3 is 73.8 Å². The van der Waals surface area contributed by atoms with Gasteiger partial charge in [-0.3, -0.25) is 9.32 Å². The van der Waals surface area contributed by atoms with E-state index in [1.54, 1.807) is 85.7 Å². The molecule has 24 heteroatoms. The number of hydrogen-bond donors (Lipinski definition) is 9. The number of nitrogens with one attached hydrogen (secondary N) is 1. The summed E-state index contributed by atoms with van der Waals surface area (Å²) in [5.41, 5.74) is 1.51. The fourth-order valence-electron chi connectivity index (χ4n) is 9.49. The van der Waals surface area contributed by atoms with Crippen molar-refractivity contribution in [1.82, 2.24) is 15.2 Å². The highest BCUT2D eigenvalue weighted by atomic mass is 31.3. The molecular formula is C51H84N4O18P2. The number of rotatable bonds is 28. The van der Waals surface area contributed by atoms with Gasteiger partial charge in [0.05, 0.1) is 49.2 Å². The van der Waals surface area contributed by atoms with Crippen LogP contribution in [-0.4, -0.2) is 164 Å². The fraction of sp³-hybridized carbons (Fsp3) is 0.706. The lowest BCUT2D eigenvalue weighted by Crippen LogP contribution is -2.58. The largest absolute Gasteiger partial charge is 0.481 e. The molecule has 426 valence electrons. The fourth-order valence-corrected chi connectivity index (χ4v) is 11.4. The highest BCUT2D eigenvalue weighted by molar-refractivity contribution is 7.60. The number of nitrogens with zero attached hydrogens (tertiary/aromatic N) is 3. The molecule has 1 aromatic heterocycles. The lowest BCUT2D eigenvalue weighted by Gasteiger charge is -2.50. The smallest absolute Gasteiger partial charge is 0.448 e. The number of allylic oxidation sites excluding steroid dienone is 7. The summed E-state index contributed by atoms with van der Waals surface area (Å²) in [7, 11) is -4.99. The van der Waals surface area contributed by atoms with Crippen molar-refractivity contribution in [3.05, 3.63) is 71.0 Å². The standard InChI is InChI=1S/C51H84N4O18P2/c1-29(21-22-52)17-15-18-30(2)31(3)23-32(4)43(58)36(8)39(56)25-42(68-14)46-47(72-75(65,66)73-74(62,63)64)50(9,10)51(71-46)26-40(57)35(7)41(70-51)20-16-19-37-27-69-49(54-37)33(5)24-34(6)53-48(61)45(60)44(59)38(28-67-13)55(11)12/h15-19,21,23,27,32-36,38-47,56-60H,20,24-26,28H2,1-14H3,(H,53,61)(H,65,66)(H2,62,63,64)/b17-15+,19-16+,29-21-,30-18+,31-23+/t32-,33+,34-,35+,36+,38+,39+,40-,41+,42-,43-,44+,45+,46-,47+,51-/m1/s1. The van der Waals surface area contributed by atoms with E-state index in [-0.39, 0.29) is 31.8 Å². The molecule has 2 fully saturated rings. The molecule has 1 spiro atoms. The number of carbonyl (C=O) groups excluding carboxylic acids is 1. The Labute approximate surface area is 442 Å². The van der Waals surface area contributed by atoms with Crippen LogP contribution in [0.25, 0.3) is 6.08 Å². The molecule has 3 rings (SSSR count). The number of nitriles is 1. The predicted octanol–water partition coefficient (Wildman–Crippen LogP) is 5.19. The van der Waals surface area contributed by atoms with Crippen LogP contribution in [0.3, 0.4) is 0 Å². The third kappa shape index (κ3) is 18.4. The van der Waals surface area contributed by atoms with E-state index in [0.29, 0.717) is 18.0 Å². The number of aliphatic hydroxyl groups excluding tert-OH is 5. The quantitative estimate of drug-likeness (QED) is 0.0296. The van der Waals surface area contributed by atoms with Crippen molar-refractivity contribution in [2.75, 3.05) is 34.9 Å². The Kier molecular flexibility index (Phi) is 25.1.